The standard InChI is InChI=1S/C15H25NO/c1-6-7-8-16-9-13(11(2)3)15(17)14(10-16)12(4)5/h6-10H2,1-5H3. The minimum atomic E-state index is 0.276. The zero-order valence-corrected chi connectivity index (χ0v) is 11.9. The molecule has 1 fully saturated rings. The van der Waals surface area contributed by atoms with Gasteiger partial charge in [-0.15, -0.1) is 0 Å². The number of unbranched alkanes of at least 4 members (excludes halogenated alkanes) is 1. The summed E-state index contributed by atoms with van der Waals surface area (Å²) in [6.45, 7) is 13.1. The van der Waals surface area contributed by atoms with Gasteiger partial charge < -0.3 is 0 Å². The van der Waals surface area contributed by atoms with Crippen LogP contribution in [0.15, 0.2) is 22.3 Å². The Labute approximate surface area is 105 Å². The number of allylic oxidation sites excluding steroid dienone is 2. The molecule has 17 heavy (non-hydrogen) atoms. The van der Waals surface area contributed by atoms with Crippen LogP contribution in [0.1, 0.15) is 47.5 Å². The number of rotatable bonds is 3. The van der Waals surface area contributed by atoms with Crippen LogP contribution in [0.4, 0.5) is 0 Å². The maximum atomic E-state index is 12.3. The van der Waals surface area contributed by atoms with Gasteiger partial charge in [-0.2, -0.15) is 0 Å². The molecule has 0 aromatic heterocycles. The van der Waals surface area contributed by atoms with E-state index < -0.39 is 0 Å². The number of Topliss-reactive ketones (excluding diaryl/α,β-unsaturated/α-hetero) is 1. The predicted molar refractivity (Wildman–Crippen MR) is 73.1 cm³/mol. The number of carbonyl (C=O) groups is 1. The largest absolute Gasteiger partial charge is 0.295 e. The van der Waals surface area contributed by atoms with Gasteiger partial charge in [0.1, 0.15) is 0 Å². The molecule has 0 aromatic carbocycles. The first-order valence-electron chi connectivity index (χ1n) is 6.57. The Bertz CT molecular complexity index is 325. The molecule has 0 amide bonds. The van der Waals surface area contributed by atoms with Crippen LogP contribution in [0.5, 0.6) is 0 Å². The molecular weight excluding hydrogens is 210 g/mol. The van der Waals surface area contributed by atoms with E-state index in [-0.39, 0.29) is 5.78 Å². The van der Waals surface area contributed by atoms with Crippen LogP contribution in [-0.4, -0.2) is 30.3 Å². The molecule has 0 radical (unpaired) electrons. The van der Waals surface area contributed by atoms with E-state index in [4.69, 9.17) is 0 Å². The molecule has 0 unspecified atom stereocenters. The van der Waals surface area contributed by atoms with Crippen LogP contribution in [-0.2, 0) is 4.79 Å². The van der Waals surface area contributed by atoms with Crippen LogP contribution in [0.2, 0.25) is 0 Å². The molecule has 0 aromatic rings. The smallest absolute Gasteiger partial charge is 0.187 e. The minimum Gasteiger partial charge on any atom is -0.295 e. The molecule has 0 spiro atoms. The SMILES string of the molecule is CCCCN1CC(=C(C)C)C(=O)C(=C(C)C)C1. The van der Waals surface area contributed by atoms with Crippen molar-refractivity contribution >= 4 is 5.78 Å². The summed E-state index contributed by atoms with van der Waals surface area (Å²) in [5, 5.41) is 0. The van der Waals surface area contributed by atoms with Crippen molar-refractivity contribution in [2.45, 2.75) is 47.5 Å². The first-order valence-corrected chi connectivity index (χ1v) is 6.57. The second kappa shape index (κ2) is 6.15. The summed E-state index contributed by atoms with van der Waals surface area (Å²) in [6.07, 6.45) is 2.42. The maximum absolute atomic E-state index is 12.3. The average Bonchev–Trinajstić information content (AvgIpc) is 2.26. The Kier molecular flexibility index (Phi) is 5.13. The van der Waals surface area contributed by atoms with Crippen molar-refractivity contribution < 1.29 is 4.79 Å². The fourth-order valence-electron chi connectivity index (χ4n) is 2.14. The highest BCUT2D eigenvalue weighted by Gasteiger charge is 2.26. The molecule has 0 bridgehead atoms. The molecule has 2 heteroatoms. The number of ketones is 1. The molecule has 1 aliphatic rings. The first kappa shape index (κ1) is 14.2. The normalized spacial score (nSPS) is 17.6. The third kappa shape index (κ3) is 3.53. The zero-order chi connectivity index (χ0) is 13.0. The first-order chi connectivity index (χ1) is 7.97. The topological polar surface area (TPSA) is 20.3 Å². The fraction of sp³-hybridized carbons (Fsp3) is 0.667. The third-order valence-electron chi connectivity index (χ3n) is 3.35. The summed E-state index contributed by atoms with van der Waals surface area (Å²) in [4.78, 5) is 14.7. The lowest BCUT2D eigenvalue weighted by Crippen LogP contribution is -2.39. The van der Waals surface area contributed by atoms with Crippen molar-refractivity contribution in [2.24, 2.45) is 0 Å². The van der Waals surface area contributed by atoms with E-state index in [0.29, 0.717) is 0 Å². The van der Waals surface area contributed by atoms with Crippen molar-refractivity contribution in [3.8, 4) is 0 Å². The molecule has 1 aliphatic heterocycles. The Morgan fingerprint density at radius 3 is 1.88 bits per heavy atom. The van der Waals surface area contributed by atoms with Gasteiger partial charge in [0.05, 0.1) is 0 Å². The molecule has 2 nitrogen and oxygen atoms in total. The highest BCUT2D eigenvalue weighted by atomic mass is 16.1. The molecule has 1 heterocycles. The van der Waals surface area contributed by atoms with Gasteiger partial charge >= 0.3 is 0 Å². The van der Waals surface area contributed by atoms with Gasteiger partial charge in [-0.25, -0.2) is 0 Å². The zero-order valence-electron chi connectivity index (χ0n) is 11.9. The molecular formula is C15H25NO. The highest BCUT2D eigenvalue weighted by Crippen LogP contribution is 2.22. The lowest BCUT2D eigenvalue weighted by Gasteiger charge is -2.31. The minimum absolute atomic E-state index is 0.276. The Morgan fingerprint density at radius 2 is 1.53 bits per heavy atom. The van der Waals surface area contributed by atoms with Crippen molar-refractivity contribution in [2.75, 3.05) is 19.6 Å². The van der Waals surface area contributed by atoms with Crippen LogP contribution < -0.4 is 0 Å². The molecule has 0 aliphatic carbocycles. The maximum Gasteiger partial charge on any atom is 0.187 e. The number of nitrogens with zero attached hydrogens (tertiary/aromatic N) is 1. The Morgan fingerprint density at radius 1 is 1.06 bits per heavy atom. The average molecular weight is 235 g/mol. The lowest BCUT2D eigenvalue weighted by atomic mass is 9.92. The van der Waals surface area contributed by atoms with E-state index >= 15 is 0 Å². The summed E-state index contributed by atoms with van der Waals surface area (Å²) in [6, 6.07) is 0. The highest BCUT2D eigenvalue weighted by molar-refractivity contribution is 6.10. The molecule has 0 atom stereocenters. The van der Waals surface area contributed by atoms with Crippen LogP contribution in [0.25, 0.3) is 0 Å². The number of carbonyl (C=O) groups excluding carboxylic acids is 1. The van der Waals surface area contributed by atoms with Gasteiger partial charge in [0.25, 0.3) is 0 Å². The van der Waals surface area contributed by atoms with Crippen molar-refractivity contribution in [3.05, 3.63) is 22.3 Å². The second-order valence-corrected chi connectivity index (χ2v) is 5.35. The van der Waals surface area contributed by atoms with Gasteiger partial charge in [-0.05, 0) is 40.7 Å². The Balaban J connectivity index is 2.95. The van der Waals surface area contributed by atoms with Gasteiger partial charge in [-0.1, -0.05) is 24.5 Å². The van der Waals surface area contributed by atoms with Crippen LogP contribution >= 0.6 is 0 Å². The molecule has 96 valence electrons. The Hall–Kier alpha value is -0.890. The number of hydrogen-bond acceptors (Lipinski definition) is 2. The number of likely N-dealkylation sites (tertiary alicyclic amines) is 1. The molecule has 1 rings (SSSR count). The summed E-state index contributed by atoms with van der Waals surface area (Å²) < 4.78 is 0. The van der Waals surface area contributed by atoms with E-state index in [9.17, 15) is 4.79 Å². The van der Waals surface area contributed by atoms with Crippen molar-refractivity contribution in [1.82, 2.24) is 4.90 Å². The monoisotopic (exact) mass is 235 g/mol. The second-order valence-electron chi connectivity index (χ2n) is 5.35. The van der Waals surface area contributed by atoms with E-state index in [1.165, 1.54) is 12.8 Å². The third-order valence-corrected chi connectivity index (χ3v) is 3.35. The van der Waals surface area contributed by atoms with Gasteiger partial charge in [-0.3, -0.25) is 9.69 Å². The summed E-state index contributed by atoms with van der Waals surface area (Å²) in [5.74, 6) is 0.276. The summed E-state index contributed by atoms with van der Waals surface area (Å²) >= 11 is 0. The lowest BCUT2D eigenvalue weighted by molar-refractivity contribution is -0.113. The predicted octanol–water partition coefficient (Wildman–Crippen LogP) is 3.34. The number of hydrogen-bond donors (Lipinski definition) is 0. The quantitative estimate of drug-likeness (QED) is 0.699. The summed E-state index contributed by atoms with van der Waals surface area (Å²) in [7, 11) is 0. The van der Waals surface area contributed by atoms with E-state index in [2.05, 4.69) is 11.8 Å². The molecule has 1 saturated heterocycles. The summed E-state index contributed by atoms with van der Waals surface area (Å²) in [5.41, 5.74) is 4.33. The number of piperidine rings is 1. The fourth-order valence-corrected chi connectivity index (χ4v) is 2.14. The van der Waals surface area contributed by atoms with Gasteiger partial charge in [0.15, 0.2) is 5.78 Å². The van der Waals surface area contributed by atoms with Crippen LogP contribution in [0.3, 0.4) is 0 Å². The van der Waals surface area contributed by atoms with Crippen molar-refractivity contribution in [3.63, 3.8) is 0 Å². The van der Waals surface area contributed by atoms with Gasteiger partial charge in [0, 0.05) is 24.2 Å². The molecule has 0 saturated carbocycles. The van der Waals surface area contributed by atoms with Crippen LogP contribution in [0, 0.1) is 0 Å². The van der Waals surface area contributed by atoms with Gasteiger partial charge in [0.2, 0.25) is 0 Å². The van der Waals surface area contributed by atoms with E-state index in [1.807, 2.05) is 27.7 Å². The molecule has 0 N–H and O–H groups in total. The van der Waals surface area contributed by atoms with E-state index in [1.54, 1.807) is 0 Å². The van der Waals surface area contributed by atoms with Crippen molar-refractivity contribution in [1.29, 1.82) is 0 Å². The van der Waals surface area contributed by atoms with E-state index in [0.717, 1.165) is 41.9 Å².